The van der Waals surface area contributed by atoms with Crippen molar-refractivity contribution in [2.45, 2.75) is 59.0 Å². The smallest absolute Gasteiger partial charge is 0.0509 e. The Kier molecular flexibility index (Phi) is 5.62. The van der Waals surface area contributed by atoms with Crippen LogP contribution in [0.4, 0.5) is 0 Å². The van der Waals surface area contributed by atoms with Crippen molar-refractivity contribution >= 4 is 0 Å². The van der Waals surface area contributed by atoms with E-state index in [4.69, 9.17) is 4.74 Å². The van der Waals surface area contributed by atoms with Gasteiger partial charge in [0.1, 0.15) is 0 Å². The first-order valence-corrected chi connectivity index (χ1v) is 6.47. The number of hydrogen-bond donors (Lipinski definition) is 1. The van der Waals surface area contributed by atoms with Gasteiger partial charge < -0.3 is 10.1 Å². The Balaban J connectivity index is 2.20. The summed E-state index contributed by atoms with van der Waals surface area (Å²) in [4.78, 5) is 0. The third-order valence-corrected chi connectivity index (χ3v) is 3.67. The van der Waals surface area contributed by atoms with E-state index in [1.807, 2.05) is 0 Å². The van der Waals surface area contributed by atoms with Gasteiger partial charge in [0.15, 0.2) is 0 Å². The molecule has 4 atom stereocenters. The lowest BCUT2D eigenvalue weighted by atomic mass is 9.96. The molecule has 90 valence electrons. The molecule has 1 fully saturated rings. The van der Waals surface area contributed by atoms with Gasteiger partial charge in [-0.3, -0.25) is 0 Å². The first-order valence-electron chi connectivity index (χ1n) is 6.47. The highest BCUT2D eigenvalue weighted by Gasteiger charge is 2.23. The first-order chi connectivity index (χ1) is 7.13. The second-order valence-electron chi connectivity index (χ2n) is 5.23. The van der Waals surface area contributed by atoms with E-state index in [0.717, 1.165) is 25.0 Å². The Morgan fingerprint density at radius 3 is 2.60 bits per heavy atom. The third kappa shape index (κ3) is 4.52. The fourth-order valence-electron chi connectivity index (χ4n) is 2.37. The molecule has 1 aliphatic heterocycles. The minimum absolute atomic E-state index is 0.603. The van der Waals surface area contributed by atoms with Crippen LogP contribution in [0.1, 0.15) is 47.0 Å². The number of hydrogen-bond acceptors (Lipinski definition) is 2. The molecule has 1 aliphatic rings. The Hall–Kier alpha value is -0.0800. The molecule has 2 nitrogen and oxygen atoms in total. The molecular weight excluding hydrogens is 186 g/mol. The van der Waals surface area contributed by atoms with Crippen LogP contribution >= 0.6 is 0 Å². The van der Waals surface area contributed by atoms with Gasteiger partial charge in [-0.25, -0.2) is 0 Å². The minimum Gasteiger partial charge on any atom is -0.381 e. The lowest BCUT2D eigenvalue weighted by Crippen LogP contribution is -2.40. The summed E-state index contributed by atoms with van der Waals surface area (Å²) in [7, 11) is 0. The van der Waals surface area contributed by atoms with E-state index >= 15 is 0 Å². The maximum atomic E-state index is 5.42. The Labute approximate surface area is 94.8 Å². The highest BCUT2D eigenvalue weighted by Crippen LogP contribution is 2.18. The molecule has 0 spiro atoms. The molecule has 1 heterocycles. The van der Waals surface area contributed by atoms with Crippen LogP contribution in [0.15, 0.2) is 0 Å². The quantitative estimate of drug-likeness (QED) is 0.732. The molecule has 0 radical (unpaired) electrons. The molecule has 0 aromatic carbocycles. The van der Waals surface area contributed by atoms with Crippen molar-refractivity contribution in [3.63, 3.8) is 0 Å². The molecule has 0 amide bonds. The highest BCUT2D eigenvalue weighted by atomic mass is 16.5. The second kappa shape index (κ2) is 6.49. The summed E-state index contributed by atoms with van der Waals surface area (Å²) in [6, 6.07) is 1.24. The van der Waals surface area contributed by atoms with Crippen LogP contribution in [0.25, 0.3) is 0 Å². The summed E-state index contributed by atoms with van der Waals surface area (Å²) in [5, 5.41) is 3.71. The van der Waals surface area contributed by atoms with E-state index in [0.29, 0.717) is 12.1 Å². The van der Waals surface area contributed by atoms with Gasteiger partial charge >= 0.3 is 0 Å². The normalized spacial score (nSPS) is 27.6. The Morgan fingerprint density at radius 2 is 2.07 bits per heavy atom. The topological polar surface area (TPSA) is 21.3 Å². The average molecular weight is 213 g/mol. The zero-order valence-corrected chi connectivity index (χ0v) is 10.8. The zero-order valence-electron chi connectivity index (χ0n) is 10.8. The van der Waals surface area contributed by atoms with E-state index in [1.165, 1.54) is 19.3 Å². The molecule has 2 heteroatoms. The van der Waals surface area contributed by atoms with E-state index in [9.17, 15) is 0 Å². The lowest BCUT2D eigenvalue weighted by molar-refractivity contribution is 0.176. The molecule has 0 aromatic rings. The summed E-state index contributed by atoms with van der Waals surface area (Å²) in [6.07, 6.45) is 3.80. The average Bonchev–Trinajstić information content (AvgIpc) is 2.70. The minimum atomic E-state index is 0.603. The fraction of sp³-hybridized carbons (Fsp3) is 1.00. The van der Waals surface area contributed by atoms with Gasteiger partial charge in [-0.2, -0.15) is 0 Å². The molecular formula is C13H27NO. The summed E-state index contributed by atoms with van der Waals surface area (Å²) in [5.41, 5.74) is 0. The number of ether oxygens (including phenoxy) is 1. The third-order valence-electron chi connectivity index (χ3n) is 3.67. The summed E-state index contributed by atoms with van der Waals surface area (Å²) < 4.78 is 5.42. The van der Waals surface area contributed by atoms with E-state index in [-0.39, 0.29) is 0 Å². The molecule has 0 bridgehead atoms. The highest BCUT2D eigenvalue weighted by molar-refractivity contribution is 4.78. The van der Waals surface area contributed by atoms with Crippen LogP contribution < -0.4 is 5.32 Å². The van der Waals surface area contributed by atoms with E-state index < -0.39 is 0 Å². The van der Waals surface area contributed by atoms with Gasteiger partial charge in [-0.05, 0) is 38.5 Å². The summed E-state index contributed by atoms with van der Waals surface area (Å²) in [5.74, 6) is 1.56. The predicted molar refractivity (Wildman–Crippen MR) is 65.1 cm³/mol. The second-order valence-corrected chi connectivity index (χ2v) is 5.23. The van der Waals surface area contributed by atoms with Crippen LogP contribution in [-0.4, -0.2) is 25.3 Å². The molecule has 1 saturated heterocycles. The van der Waals surface area contributed by atoms with Crippen molar-refractivity contribution in [1.82, 2.24) is 5.32 Å². The summed E-state index contributed by atoms with van der Waals surface area (Å²) in [6.45, 7) is 11.1. The van der Waals surface area contributed by atoms with Crippen LogP contribution in [0.2, 0.25) is 0 Å². The lowest BCUT2D eigenvalue weighted by Gasteiger charge is -2.25. The van der Waals surface area contributed by atoms with Crippen LogP contribution in [0, 0.1) is 11.8 Å². The first kappa shape index (κ1) is 13.0. The van der Waals surface area contributed by atoms with Gasteiger partial charge in [0.2, 0.25) is 0 Å². The molecule has 0 aromatic heterocycles. The molecule has 0 saturated carbocycles. The monoisotopic (exact) mass is 213 g/mol. The van der Waals surface area contributed by atoms with Crippen molar-refractivity contribution in [3.05, 3.63) is 0 Å². The van der Waals surface area contributed by atoms with Gasteiger partial charge in [0.05, 0.1) is 6.61 Å². The van der Waals surface area contributed by atoms with Crippen LogP contribution in [-0.2, 0) is 4.74 Å². The van der Waals surface area contributed by atoms with Gasteiger partial charge in [-0.1, -0.05) is 20.3 Å². The summed E-state index contributed by atoms with van der Waals surface area (Å²) >= 11 is 0. The standard InChI is InChI=1S/C13H27NO/c1-5-10(2)8-11(3)14-12(4)13-6-7-15-9-13/h10-14H,5-9H2,1-4H3. The van der Waals surface area contributed by atoms with Crippen molar-refractivity contribution in [3.8, 4) is 0 Å². The molecule has 1 N–H and O–H groups in total. The maximum absolute atomic E-state index is 5.42. The largest absolute Gasteiger partial charge is 0.381 e. The van der Waals surface area contributed by atoms with Gasteiger partial charge in [0, 0.05) is 18.7 Å². The number of rotatable bonds is 6. The van der Waals surface area contributed by atoms with E-state index in [2.05, 4.69) is 33.0 Å². The van der Waals surface area contributed by atoms with Crippen molar-refractivity contribution in [1.29, 1.82) is 0 Å². The van der Waals surface area contributed by atoms with E-state index in [1.54, 1.807) is 0 Å². The van der Waals surface area contributed by atoms with Gasteiger partial charge in [-0.15, -0.1) is 0 Å². The Morgan fingerprint density at radius 1 is 1.33 bits per heavy atom. The molecule has 4 unspecified atom stereocenters. The molecule has 1 rings (SSSR count). The van der Waals surface area contributed by atoms with Gasteiger partial charge in [0.25, 0.3) is 0 Å². The zero-order chi connectivity index (χ0) is 11.3. The molecule has 0 aliphatic carbocycles. The van der Waals surface area contributed by atoms with Crippen molar-refractivity contribution in [2.24, 2.45) is 11.8 Å². The Bertz CT molecular complexity index is 166. The van der Waals surface area contributed by atoms with Crippen molar-refractivity contribution < 1.29 is 4.74 Å². The maximum Gasteiger partial charge on any atom is 0.0509 e. The van der Waals surface area contributed by atoms with Crippen molar-refractivity contribution in [2.75, 3.05) is 13.2 Å². The van der Waals surface area contributed by atoms with Crippen LogP contribution in [0.5, 0.6) is 0 Å². The SMILES string of the molecule is CCC(C)CC(C)NC(C)C1CCOC1. The number of nitrogens with one attached hydrogen (secondary N) is 1. The molecule has 15 heavy (non-hydrogen) atoms. The van der Waals surface area contributed by atoms with Crippen LogP contribution in [0.3, 0.4) is 0 Å². The fourth-order valence-corrected chi connectivity index (χ4v) is 2.37. The predicted octanol–water partition coefficient (Wildman–Crippen LogP) is 2.83.